The smallest absolute Gasteiger partial charge is 0.224 e. The maximum Gasteiger partial charge on any atom is 0.224 e. The second kappa shape index (κ2) is 5.48. The van der Waals surface area contributed by atoms with E-state index in [0.29, 0.717) is 11.8 Å². The van der Waals surface area contributed by atoms with E-state index in [1.807, 2.05) is 32.3 Å². The Morgan fingerprint density at radius 2 is 2.24 bits per heavy atom. The number of rotatable bonds is 4. The third-order valence-electron chi connectivity index (χ3n) is 5.84. The van der Waals surface area contributed by atoms with Gasteiger partial charge in [-0.1, -0.05) is 0 Å². The van der Waals surface area contributed by atoms with Crippen LogP contribution in [-0.4, -0.2) is 33.6 Å². The number of fused-ring (bicyclic) bond motifs is 2. The van der Waals surface area contributed by atoms with Gasteiger partial charge in [-0.2, -0.15) is 0 Å². The molecule has 6 heteroatoms. The first-order valence-electron chi connectivity index (χ1n) is 8.84. The van der Waals surface area contributed by atoms with E-state index in [0.717, 1.165) is 17.9 Å². The lowest BCUT2D eigenvalue weighted by Gasteiger charge is -2.27. The number of thioether (sulfide) groups is 1. The zero-order valence-electron chi connectivity index (χ0n) is 15.5. The summed E-state index contributed by atoms with van der Waals surface area (Å²) in [6.45, 7) is 9.41. The van der Waals surface area contributed by atoms with E-state index >= 15 is 0 Å². The highest BCUT2D eigenvalue weighted by Crippen LogP contribution is 2.56. The van der Waals surface area contributed by atoms with Gasteiger partial charge < -0.3 is 15.0 Å². The van der Waals surface area contributed by atoms with Gasteiger partial charge in [-0.25, -0.2) is 4.98 Å². The lowest BCUT2D eigenvalue weighted by molar-refractivity contribution is -0.125. The first-order chi connectivity index (χ1) is 11.8. The van der Waals surface area contributed by atoms with Crippen LogP contribution in [0.2, 0.25) is 0 Å². The number of pyridine rings is 1. The van der Waals surface area contributed by atoms with E-state index < -0.39 is 5.54 Å². The molecular formula is C19H26N4OS. The summed E-state index contributed by atoms with van der Waals surface area (Å²) in [4.78, 5) is 18.7. The maximum atomic E-state index is 12.9. The quantitative estimate of drug-likeness (QED) is 0.825. The SMILES string of the molecule is CSc1cccn2c(C(C)(C)NC(=O)C3C4CNC(C)(C)C43)ncc12. The molecule has 3 atom stereocenters. The van der Waals surface area contributed by atoms with Crippen molar-refractivity contribution in [1.82, 2.24) is 20.0 Å². The van der Waals surface area contributed by atoms with Gasteiger partial charge in [0, 0.05) is 22.5 Å². The van der Waals surface area contributed by atoms with E-state index in [9.17, 15) is 4.79 Å². The van der Waals surface area contributed by atoms with Crippen molar-refractivity contribution in [3.05, 3.63) is 30.4 Å². The number of aromatic nitrogens is 2. The molecule has 4 rings (SSSR count). The van der Waals surface area contributed by atoms with Gasteiger partial charge >= 0.3 is 0 Å². The van der Waals surface area contributed by atoms with Gasteiger partial charge in [-0.05, 0) is 64.5 Å². The van der Waals surface area contributed by atoms with Crippen molar-refractivity contribution in [3.8, 4) is 0 Å². The number of carbonyl (C=O) groups excluding carboxylic acids is 1. The van der Waals surface area contributed by atoms with Gasteiger partial charge in [-0.3, -0.25) is 4.79 Å². The van der Waals surface area contributed by atoms with Crippen LogP contribution in [0.4, 0.5) is 0 Å². The van der Waals surface area contributed by atoms with Crippen molar-refractivity contribution in [2.45, 2.75) is 43.7 Å². The maximum absolute atomic E-state index is 12.9. The molecule has 2 aromatic rings. The fourth-order valence-corrected chi connectivity index (χ4v) is 5.12. The Morgan fingerprint density at radius 1 is 1.48 bits per heavy atom. The van der Waals surface area contributed by atoms with E-state index in [-0.39, 0.29) is 17.4 Å². The van der Waals surface area contributed by atoms with Crippen molar-refractivity contribution < 1.29 is 4.79 Å². The standard InChI is InChI=1S/C19H26N4OS/c1-18(2)15-11(9-21-18)14(15)16(24)22-19(3,4)17-20-10-12-13(25-5)7-6-8-23(12)17/h6-8,10-11,14-15,21H,9H2,1-5H3,(H,22,24). The van der Waals surface area contributed by atoms with Crippen LogP contribution in [0.3, 0.4) is 0 Å². The molecule has 5 nitrogen and oxygen atoms in total. The molecule has 1 aliphatic heterocycles. The topological polar surface area (TPSA) is 58.4 Å². The summed E-state index contributed by atoms with van der Waals surface area (Å²) in [5.74, 6) is 2.08. The van der Waals surface area contributed by atoms with Gasteiger partial charge in [0.1, 0.15) is 5.82 Å². The summed E-state index contributed by atoms with van der Waals surface area (Å²) in [5, 5.41) is 6.77. The molecule has 2 N–H and O–H groups in total. The number of imidazole rings is 1. The average molecular weight is 359 g/mol. The molecular weight excluding hydrogens is 332 g/mol. The van der Waals surface area contributed by atoms with Crippen LogP contribution in [0.1, 0.15) is 33.5 Å². The third-order valence-corrected chi connectivity index (χ3v) is 6.63. The van der Waals surface area contributed by atoms with Crippen molar-refractivity contribution in [1.29, 1.82) is 0 Å². The number of hydrogen-bond acceptors (Lipinski definition) is 4. The van der Waals surface area contributed by atoms with Crippen molar-refractivity contribution >= 4 is 23.2 Å². The van der Waals surface area contributed by atoms with E-state index in [1.54, 1.807) is 11.8 Å². The highest BCUT2D eigenvalue weighted by molar-refractivity contribution is 7.98. The second-order valence-corrected chi connectivity index (χ2v) is 9.19. The Balaban J connectivity index is 1.58. The Morgan fingerprint density at radius 3 is 2.88 bits per heavy atom. The van der Waals surface area contributed by atoms with Crippen molar-refractivity contribution in [2.24, 2.45) is 17.8 Å². The summed E-state index contributed by atoms with van der Waals surface area (Å²) in [6, 6.07) is 4.12. The molecule has 0 radical (unpaired) electrons. The van der Waals surface area contributed by atoms with Crippen LogP contribution in [0.5, 0.6) is 0 Å². The lowest BCUT2D eigenvalue weighted by Crippen LogP contribution is -2.46. The molecule has 2 fully saturated rings. The van der Waals surface area contributed by atoms with Gasteiger partial charge in [0.25, 0.3) is 0 Å². The van der Waals surface area contributed by atoms with Crippen LogP contribution in [0.25, 0.3) is 5.52 Å². The first-order valence-corrected chi connectivity index (χ1v) is 10.1. The van der Waals surface area contributed by atoms with Crippen LogP contribution in [0.15, 0.2) is 29.4 Å². The van der Waals surface area contributed by atoms with Crippen LogP contribution >= 0.6 is 11.8 Å². The van der Waals surface area contributed by atoms with Gasteiger partial charge in [0.05, 0.1) is 17.3 Å². The molecule has 0 spiro atoms. The molecule has 25 heavy (non-hydrogen) atoms. The predicted molar refractivity (Wildman–Crippen MR) is 101 cm³/mol. The fourth-order valence-electron chi connectivity index (χ4n) is 4.55. The molecule has 0 bridgehead atoms. The Kier molecular flexibility index (Phi) is 3.71. The largest absolute Gasteiger partial charge is 0.344 e. The lowest BCUT2D eigenvalue weighted by atomic mass is 9.97. The zero-order valence-corrected chi connectivity index (χ0v) is 16.3. The summed E-state index contributed by atoms with van der Waals surface area (Å²) in [6.07, 6.45) is 5.98. The van der Waals surface area contributed by atoms with E-state index in [4.69, 9.17) is 0 Å². The summed E-state index contributed by atoms with van der Waals surface area (Å²) >= 11 is 1.71. The third kappa shape index (κ3) is 2.57. The Bertz CT molecular complexity index is 841. The molecule has 1 aliphatic carbocycles. The first kappa shape index (κ1) is 16.9. The second-order valence-electron chi connectivity index (χ2n) is 8.35. The molecule has 1 amide bonds. The van der Waals surface area contributed by atoms with Crippen molar-refractivity contribution in [2.75, 3.05) is 12.8 Å². The summed E-state index contributed by atoms with van der Waals surface area (Å²) in [5.41, 5.74) is 0.625. The number of carbonyl (C=O) groups is 1. The summed E-state index contributed by atoms with van der Waals surface area (Å²) < 4.78 is 2.09. The molecule has 2 aliphatic rings. The number of nitrogens with zero attached hydrogens (tertiary/aromatic N) is 2. The number of nitrogens with one attached hydrogen (secondary N) is 2. The van der Waals surface area contributed by atoms with Crippen molar-refractivity contribution in [3.63, 3.8) is 0 Å². The highest BCUT2D eigenvalue weighted by Gasteiger charge is 2.65. The van der Waals surface area contributed by atoms with Crippen LogP contribution in [-0.2, 0) is 10.3 Å². The monoisotopic (exact) mass is 358 g/mol. The Hall–Kier alpha value is -1.53. The van der Waals surface area contributed by atoms with Crippen LogP contribution in [0, 0.1) is 17.8 Å². The molecule has 0 aromatic carbocycles. The fraction of sp³-hybridized carbons (Fsp3) is 0.579. The number of hydrogen-bond donors (Lipinski definition) is 2. The molecule has 3 heterocycles. The molecule has 1 saturated carbocycles. The minimum atomic E-state index is -0.519. The molecule has 3 unspecified atom stereocenters. The van der Waals surface area contributed by atoms with Gasteiger partial charge in [-0.15, -0.1) is 11.8 Å². The normalized spacial score (nSPS) is 27.3. The summed E-state index contributed by atoms with van der Waals surface area (Å²) in [7, 11) is 0. The number of amides is 1. The van der Waals surface area contributed by atoms with E-state index in [1.165, 1.54) is 4.90 Å². The highest BCUT2D eigenvalue weighted by atomic mass is 32.2. The Labute approximate surface area is 153 Å². The minimum Gasteiger partial charge on any atom is -0.344 e. The number of piperidine rings is 1. The predicted octanol–water partition coefficient (Wildman–Crippen LogP) is 2.65. The molecule has 134 valence electrons. The van der Waals surface area contributed by atoms with Gasteiger partial charge in [0.2, 0.25) is 5.91 Å². The van der Waals surface area contributed by atoms with Gasteiger partial charge in [0.15, 0.2) is 0 Å². The molecule has 2 aromatic heterocycles. The van der Waals surface area contributed by atoms with Crippen LogP contribution < -0.4 is 10.6 Å². The average Bonchev–Trinajstić information content (AvgIpc) is 3.00. The van der Waals surface area contributed by atoms with E-state index in [2.05, 4.69) is 46.2 Å². The molecule has 1 saturated heterocycles. The minimum absolute atomic E-state index is 0.0596. The zero-order chi connectivity index (χ0) is 18.0.